The smallest absolute Gasteiger partial charge is 0.274 e. The Balaban J connectivity index is 1.18. The highest BCUT2D eigenvalue weighted by atomic mass is 16.3. The van der Waals surface area contributed by atoms with E-state index in [2.05, 4.69) is 31.2 Å². The Morgan fingerprint density at radius 1 is 0.700 bits per heavy atom. The molecule has 2 saturated carbocycles. The summed E-state index contributed by atoms with van der Waals surface area (Å²) < 4.78 is 0. The van der Waals surface area contributed by atoms with Gasteiger partial charge in [0, 0.05) is 48.9 Å². The molecule has 2 atom stereocenters. The molecule has 10 heteroatoms. The number of amides is 2. The molecule has 0 saturated heterocycles. The number of pyridine rings is 2. The standard InChI is InChI=1S/C40H48N6O4/c1-23(21-47)41-17-29-19-43-37(15-33(29)27-11-12-27)39(49)45-35-9-5-7-31(25(35)3)32-8-6-10-36(26(32)4)46-40(50)38-16-34(28-13-14-28)30(20-44-38)18-42-24(2)22-48/h5-10,15-16,19-20,23-24,27-28,41-42,47-48H,11-14,17-18,21-22H2,1-4H3,(H,45,49)(H,46,50)/t23-,24-/m1/s1. The quantitative estimate of drug-likeness (QED) is 0.0904. The summed E-state index contributed by atoms with van der Waals surface area (Å²) >= 11 is 0. The van der Waals surface area contributed by atoms with Crippen molar-refractivity contribution in [2.45, 2.75) is 90.4 Å². The lowest BCUT2D eigenvalue weighted by Crippen LogP contribution is -2.29. The molecule has 50 heavy (non-hydrogen) atoms. The van der Waals surface area contributed by atoms with Gasteiger partial charge in [-0.15, -0.1) is 0 Å². The summed E-state index contributed by atoms with van der Waals surface area (Å²) in [5.41, 5.74) is 10.2. The maximum Gasteiger partial charge on any atom is 0.274 e. The monoisotopic (exact) mass is 676 g/mol. The fourth-order valence-corrected chi connectivity index (χ4v) is 6.29. The van der Waals surface area contributed by atoms with Crippen molar-refractivity contribution in [1.29, 1.82) is 0 Å². The van der Waals surface area contributed by atoms with Crippen molar-refractivity contribution >= 4 is 23.2 Å². The van der Waals surface area contributed by atoms with E-state index in [0.29, 0.717) is 47.7 Å². The Hall–Kier alpha value is -4.48. The highest BCUT2D eigenvalue weighted by molar-refractivity contribution is 6.05. The van der Waals surface area contributed by atoms with Gasteiger partial charge in [0.15, 0.2) is 0 Å². The molecule has 0 unspecified atom stereocenters. The zero-order valence-corrected chi connectivity index (χ0v) is 29.3. The molecule has 2 amide bonds. The van der Waals surface area contributed by atoms with Gasteiger partial charge in [0.2, 0.25) is 0 Å². The molecule has 2 heterocycles. The largest absolute Gasteiger partial charge is 0.395 e. The molecule has 0 spiro atoms. The van der Waals surface area contributed by atoms with Crippen molar-refractivity contribution in [3.8, 4) is 11.1 Å². The number of benzene rings is 2. The summed E-state index contributed by atoms with van der Waals surface area (Å²) in [5.74, 6) is 0.336. The van der Waals surface area contributed by atoms with Crippen molar-refractivity contribution in [1.82, 2.24) is 20.6 Å². The number of nitrogens with zero attached hydrogens (tertiary/aromatic N) is 2. The van der Waals surface area contributed by atoms with Crippen LogP contribution in [0.1, 0.15) is 106 Å². The first-order valence-corrected chi connectivity index (χ1v) is 17.6. The maximum atomic E-state index is 13.5. The van der Waals surface area contributed by atoms with Crippen LogP contribution in [0.25, 0.3) is 11.1 Å². The Labute approximate surface area is 294 Å². The molecule has 2 aliphatic rings. The molecule has 2 aromatic carbocycles. The van der Waals surface area contributed by atoms with Crippen LogP contribution in [0.15, 0.2) is 60.9 Å². The maximum absolute atomic E-state index is 13.5. The second-order valence-corrected chi connectivity index (χ2v) is 13.9. The Bertz CT molecular complexity index is 1730. The van der Waals surface area contributed by atoms with Crippen molar-refractivity contribution in [3.05, 3.63) is 106 Å². The van der Waals surface area contributed by atoms with E-state index in [1.54, 1.807) is 12.4 Å². The molecule has 262 valence electrons. The zero-order valence-electron chi connectivity index (χ0n) is 29.3. The van der Waals surface area contributed by atoms with Crippen molar-refractivity contribution in [3.63, 3.8) is 0 Å². The van der Waals surface area contributed by atoms with Crippen LogP contribution in [0.5, 0.6) is 0 Å². The van der Waals surface area contributed by atoms with Crippen molar-refractivity contribution in [2.24, 2.45) is 0 Å². The summed E-state index contributed by atoms with van der Waals surface area (Å²) in [7, 11) is 0. The van der Waals surface area contributed by atoms with Crippen LogP contribution in [0.3, 0.4) is 0 Å². The third kappa shape index (κ3) is 8.27. The molecule has 10 nitrogen and oxygen atoms in total. The Morgan fingerprint density at radius 3 is 1.46 bits per heavy atom. The molecule has 4 aromatic rings. The molecule has 2 aliphatic carbocycles. The number of hydrogen-bond donors (Lipinski definition) is 6. The summed E-state index contributed by atoms with van der Waals surface area (Å²) in [6.45, 7) is 9.13. The van der Waals surface area contributed by atoms with Gasteiger partial charge in [0.25, 0.3) is 11.8 Å². The number of aromatic nitrogens is 2. The number of nitrogens with one attached hydrogen (secondary N) is 4. The average molecular weight is 677 g/mol. The van der Waals surface area contributed by atoms with E-state index < -0.39 is 0 Å². The lowest BCUT2D eigenvalue weighted by molar-refractivity contribution is 0.101. The van der Waals surface area contributed by atoms with Gasteiger partial charge in [-0.1, -0.05) is 24.3 Å². The van der Waals surface area contributed by atoms with Crippen LogP contribution in [-0.4, -0.2) is 57.3 Å². The number of hydrogen-bond acceptors (Lipinski definition) is 8. The van der Waals surface area contributed by atoms with E-state index in [0.717, 1.165) is 70.2 Å². The fourth-order valence-electron chi connectivity index (χ4n) is 6.29. The summed E-state index contributed by atoms with van der Waals surface area (Å²) in [5, 5.41) is 31.6. The van der Waals surface area contributed by atoms with Crippen molar-refractivity contribution < 1.29 is 19.8 Å². The Kier molecular flexibility index (Phi) is 11.0. The number of rotatable bonds is 15. The van der Waals surface area contributed by atoms with E-state index in [1.165, 1.54) is 0 Å². The minimum absolute atomic E-state index is 0.0222. The van der Waals surface area contributed by atoms with Gasteiger partial charge in [-0.2, -0.15) is 0 Å². The third-order valence-electron chi connectivity index (χ3n) is 9.83. The molecule has 0 radical (unpaired) electrons. The summed E-state index contributed by atoms with van der Waals surface area (Å²) in [6.07, 6.45) is 7.95. The second-order valence-electron chi connectivity index (χ2n) is 13.9. The molecular weight excluding hydrogens is 628 g/mol. The zero-order chi connectivity index (χ0) is 35.4. The highest BCUT2D eigenvalue weighted by Crippen LogP contribution is 2.43. The summed E-state index contributed by atoms with van der Waals surface area (Å²) in [6, 6.07) is 15.4. The summed E-state index contributed by atoms with van der Waals surface area (Å²) in [4.78, 5) is 36.0. The second kappa shape index (κ2) is 15.6. The number of anilines is 2. The first kappa shape index (κ1) is 35.3. The highest BCUT2D eigenvalue weighted by Gasteiger charge is 2.29. The van der Waals surface area contributed by atoms with E-state index in [9.17, 15) is 19.8 Å². The lowest BCUT2D eigenvalue weighted by atomic mass is 9.94. The normalized spacial score (nSPS) is 15.4. The minimum atomic E-state index is -0.268. The van der Waals surface area contributed by atoms with Crippen LogP contribution in [0, 0.1) is 13.8 Å². The Morgan fingerprint density at radius 2 is 1.10 bits per heavy atom. The molecule has 0 bridgehead atoms. The predicted octanol–water partition coefficient (Wildman–Crippen LogP) is 5.96. The lowest BCUT2D eigenvalue weighted by Gasteiger charge is -2.18. The van der Waals surface area contributed by atoms with E-state index in [1.807, 2.05) is 76.2 Å². The number of aliphatic hydroxyl groups excluding tert-OH is 2. The molecular formula is C40H48N6O4. The van der Waals surface area contributed by atoms with E-state index in [4.69, 9.17) is 0 Å². The number of carbonyl (C=O) groups is 2. The SMILES string of the molecule is Cc1c(NC(=O)c2cc(C3CC3)c(CN[C@H](C)CO)cn2)cccc1-c1cccc(NC(=O)c2cc(C3CC3)c(CN[C@H](C)CO)cn2)c1C. The van der Waals surface area contributed by atoms with Gasteiger partial charge >= 0.3 is 0 Å². The van der Waals surface area contributed by atoms with Crippen molar-refractivity contribution in [2.75, 3.05) is 23.8 Å². The van der Waals surface area contributed by atoms with Crippen LogP contribution in [0.4, 0.5) is 11.4 Å². The number of aliphatic hydroxyl groups is 2. The minimum Gasteiger partial charge on any atom is -0.395 e. The third-order valence-corrected chi connectivity index (χ3v) is 9.83. The molecule has 2 aromatic heterocycles. The van der Waals surface area contributed by atoms with Gasteiger partial charge in [-0.05, 0) is 134 Å². The predicted molar refractivity (Wildman–Crippen MR) is 196 cm³/mol. The topological polar surface area (TPSA) is 148 Å². The molecule has 0 aliphatic heterocycles. The molecule has 6 rings (SSSR count). The molecule has 2 fully saturated rings. The van der Waals surface area contributed by atoms with Crippen LogP contribution in [0.2, 0.25) is 0 Å². The van der Waals surface area contributed by atoms with Gasteiger partial charge in [0.1, 0.15) is 11.4 Å². The van der Waals surface area contributed by atoms with Crippen LogP contribution >= 0.6 is 0 Å². The van der Waals surface area contributed by atoms with Crippen LogP contribution < -0.4 is 21.3 Å². The van der Waals surface area contributed by atoms with Gasteiger partial charge in [-0.25, -0.2) is 0 Å². The average Bonchev–Trinajstić information content (AvgIpc) is 4.06. The first-order chi connectivity index (χ1) is 24.2. The van der Waals surface area contributed by atoms with Gasteiger partial charge < -0.3 is 31.5 Å². The first-order valence-electron chi connectivity index (χ1n) is 17.6. The fraction of sp³-hybridized carbons (Fsp3) is 0.400. The van der Waals surface area contributed by atoms with Crippen LogP contribution in [-0.2, 0) is 13.1 Å². The van der Waals surface area contributed by atoms with E-state index in [-0.39, 0.29) is 37.1 Å². The van der Waals surface area contributed by atoms with Gasteiger partial charge in [-0.3, -0.25) is 19.6 Å². The van der Waals surface area contributed by atoms with Gasteiger partial charge in [0.05, 0.1) is 13.2 Å². The van der Waals surface area contributed by atoms with E-state index >= 15 is 0 Å². The molecule has 6 N–H and O–H groups in total. The number of carbonyl (C=O) groups excluding carboxylic acids is 2.